The molecule has 0 bridgehead atoms. The quantitative estimate of drug-likeness (QED) is 0.842. The average molecular weight is 233 g/mol. The molecule has 7 nitrogen and oxygen atoms in total. The fourth-order valence-electron chi connectivity index (χ4n) is 2.70. The molecule has 17 heavy (non-hydrogen) atoms. The summed E-state index contributed by atoms with van der Waals surface area (Å²) >= 11 is 0. The molecule has 1 aliphatic carbocycles. The smallest absolute Gasteiger partial charge is 0.138 e. The van der Waals surface area contributed by atoms with Crippen LogP contribution >= 0.6 is 0 Å². The van der Waals surface area contributed by atoms with Gasteiger partial charge in [-0.15, -0.1) is 5.10 Å². The standard InChI is InChI=1S/C10H15N7/c1-2-4-8(3-1)9(10-5-11-14-13-10)6-17-7-12-15-16-17/h5,7-9H,1-4,6H2,(H,11,13,14). The Morgan fingerprint density at radius 3 is 2.94 bits per heavy atom. The molecular weight excluding hydrogens is 218 g/mol. The second kappa shape index (κ2) is 4.60. The molecule has 7 heteroatoms. The molecule has 0 aromatic carbocycles. The van der Waals surface area contributed by atoms with E-state index in [-0.39, 0.29) is 0 Å². The van der Waals surface area contributed by atoms with Crippen LogP contribution in [-0.4, -0.2) is 35.6 Å². The number of hydrogen-bond donors (Lipinski definition) is 1. The molecule has 2 aromatic rings. The number of tetrazole rings is 1. The van der Waals surface area contributed by atoms with Crippen molar-refractivity contribution >= 4 is 0 Å². The summed E-state index contributed by atoms with van der Waals surface area (Å²) in [6.45, 7) is 0.782. The SMILES string of the molecule is c1n[nH]nc1C(Cn1cnnn1)C1CCCC1. The Morgan fingerprint density at radius 2 is 2.29 bits per heavy atom. The molecule has 0 aliphatic heterocycles. The number of rotatable bonds is 4. The summed E-state index contributed by atoms with van der Waals surface area (Å²) in [7, 11) is 0. The second-order valence-corrected chi connectivity index (χ2v) is 4.58. The molecule has 0 radical (unpaired) electrons. The van der Waals surface area contributed by atoms with Crippen LogP contribution in [-0.2, 0) is 6.54 Å². The third-order valence-electron chi connectivity index (χ3n) is 3.56. The highest BCUT2D eigenvalue weighted by molar-refractivity contribution is 5.04. The zero-order valence-corrected chi connectivity index (χ0v) is 9.53. The molecule has 0 amide bonds. The van der Waals surface area contributed by atoms with Crippen LogP contribution in [0.25, 0.3) is 0 Å². The molecule has 1 N–H and O–H groups in total. The van der Waals surface area contributed by atoms with Gasteiger partial charge in [0.05, 0.1) is 18.4 Å². The summed E-state index contributed by atoms with van der Waals surface area (Å²) in [4.78, 5) is 0. The van der Waals surface area contributed by atoms with Gasteiger partial charge in [-0.2, -0.15) is 15.4 Å². The zero-order chi connectivity index (χ0) is 11.5. The van der Waals surface area contributed by atoms with Gasteiger partial charge in [0.25, 0.3) is 0 Å². The third-order valence-corrected chi connectivity index (χ3v) is 3.56. The summed E-state index contributed by atoms with van der Waals surface area (Å²) in [6, 6.07) is 0. The third kappa shape index (κ3) is 2.17. The van der Waals surface area contributed by atoms with Crippen LogP contribution in [0.4, 0.5) is 0 Å². The Morgan fingerprint density at radius 1 is 1.41 bits per heavy atom. The minimum atomic E-state index is 0.361. The van der Waals surface area contributed by atoms with Crippen LogP contribution in [0.5, 0.6) is 0 Å². The molecule has 1 unspecified atom stereocenters. The Labute approximate surface area is 98.6 Å². The topological polar surface area (TPSA) is 85.2 Å². The van der Waals surface area contributed by atoms with Crippen LogP contribution in [0.15, 0.2) is 12.5 Å². The van der Waals surface area contributed by atoms with Gasteiger partial charge in [-0.1, -0.05) is 12.8 Å². The molecule has 90 valence electrons. The van der Waals surface area contributed by atoms with Gasteiger partial charge in [-0.25, -0.2) is 4.68 Å². The lowest BCUT2D eigenvalue weighted by Crippen LogP contribution is -2.17. The van der Waals surface area contributed by atoms with Gasteiger partial charge >= 0.3 is 0 Å². The van der Waals surface area contributed by atoms with E-state index in [1.807, 2.05) is 6.20 Å². The lowest BCUT2D eigenvalue weighted by Gasteiger charge is -2.20. The fraction of sp³-hybridized carbons (Fsp3) is 0.700. The van der Waals surface area contributed by atoms with Crippen molar-refractivity contribution < 1.29 is 0 Å². The van der Waals surface area contributed by atoms with E-state index in [0.29, 0.717) is 11.8 Å². The highest BCUT2D eigenvalue weighted by Crippen LogP contribution is 2.37. The fourth-order valence-corrected chi connectivity index (χ4v) is 2.70. The first-order chi connectivity index (χ1) is 8.43. The summed E-state index contributed by atoms with van der Waals surface area (Å²) in [5.41, 5.74) is 1.02. The van der Waals surface area contributed by atoms with E-state index in [1.165, 1.54) is 25.7 Å². The largest absolute Gasteiger partial charge is 0.232 e. The second-order valence-electron chi connectivity index (χ2n) is 4.58. The number of H-pyrrole nitrogens is 1. The van der Waals surface area contributed by atoms with E-state index in [4.69, 9.17) is 0 Å². The Hall–Kier alpha value is -1.79. The first-order valence-electron chi connectivity index (χ1n) is 6.00. The maximum Gasteiger partial charge on any atom is 0.138 e. The van der Waals surface area contributed by atoms with E-state index in [0.717, 1.165) is 12.2 Å². The molecule has 1 fully saturated rings. The van der Waals surface area contributed by atoms with Crippen LogP contribution in [0.2, 0.25) is 0 Å². The van der Waals surface area contributed by atoms with Gasteiger partial charge in [-0.05, 0) is 29.2 Å². The van der Waals surface area contributed by atoms with E-state index < -0.39 is 0 Å². The van der Waals surface area contributed by atoms with Gasteiger partial charge < -0.3 is 0 Å². The van der Waals surface area contributed by atoms with Gasteiger partial charge in [0.2, 0.25) is 0 Å². The monoisotopic (exact) mass is 233 g/mol. The minimum absolute atomic E-state index is 0.361. The Balaban J connectivity index is 1.80. The first kappa shape index (κ1) is 10.4. The molecule has 1 saturated carbocycles. The van der Waals surface area contributed by atoms with Crippen molar-refractivity contribution in [3.05, 3.63) is 18.2 Å². The maximum atomic E-state index is 4.22. The van der Waals surface area contributed by atoms with E-state index in [1.54, 1.807) is 11.0 Å². The summed E-state index contributed by atoms with van der Waals surface area (Å²) in [6.07, 6.45) is 8.62. The molecule has 2 heterocycles. The van der Waals surface area contributed by atoms with Gasteiger partial charge in [0, 0.05) is 5.92 Å². The van der Waals surface area contributed by atoms with Crippen LogP contribution < -0.4 is 0 Å². The normalized spacial score (nSPS) is 18.6. The van der Waals surface area contributed by atoms with Crippen molar-refractivity contribution in [3.8, 4) is 0 Å². The summed E-state index contributed by atoms with van der Waals surface area (Å²) in [5, 5.41) is 22.1. The highest BCUT2D eigenvalue weighted by atomic mass is 15.5. The average Bonchev–Trinajstić information content (AvgIpc) is 3.09. The van der Waals surface area contributed by atoms with E-state index >= 15 is 0 Å². The first-order valence-corrected chi connectivity index (χ1v) is 6.00. The number of aromatic nitrogens is 7. The van der Waals surface area contributed by atoms with Crippen LogP contribution in [0, 0.1) is 5.92 Å². The molecule has 0 spiro atoms. The molecule has 1 atom stereocenters. The maximum absolute atomic E-state index is 4.22. The lowest BCUT2D eigenvalue weighted by molar-refractivity contribution is 0.363. The van der Waals surface area contributed by atoms with Crippen molar-refractivity contribution in [1.82, 2.24) is 35.6 Å². The van der Waals surface area contributed by atoms with Crippen molar-refractivity contribution in [2.45, 2.75) is 38.1 Å². The number of hydrogen-bond acceptors (Lipinski definition) is 5. The Kier molecular flexibility index (Phi) is 2.81. The van der Waals surface area contributed by atoms with Crippen LogP contribution in [0.1, 0.15) is 37.3 Å². The van der Waals surface area contributed by atoms with Gasteiger partial charge in [0.15, 0.2) is 0 Å². The van der Waals surface area contributed by atoms with Crippen molar-refractivity contribution in [1.29, 1.82) is 0 Å². The minimum Gasteiger partial charge on any atom is -0.232 e. The number of nitrogens with one attached hydrogen (secondary N) is 1. The molecule has 1 aliphatic rings. The zero-order valence-electron chi connectivity index (χ0n) is 9.53. The predicted octanol–water partition coefficient (Wildman–Crippen LogP) is 0.765. The number of aromatic amines is 1. The van der Waals surface area contributed by atoms with E-state index in [9.17, 15) is 0 Å². The van der Waals surface area contributed by atoms with Crippen molar-refractivity contribution in [2.24, 2.45) is 5.92 Å². The number of nitrogens with zero attached hydrogens (tertiary/aromatic N) is 6. The van der Waals surface area contributed by atoms with Gasteiger partial charge in [-0.3, -0.25) is 0 Å². The lowest BCUT2D eigenvalue weighted by atomic mass is 9.88. The Bertz CT molecular complexity index is 429. The molecule has 2 aromatic heterocycles. The molecule has 0 saturated heterocycles. The molecule has 3 rings (SSSR count). The highest BCUT2D eigenvalue weighted by Gasteiger charge is 2.28. The van der Waals surface area contributed by atoms with Crippen LogP contribution in [0.3, 0.4) is 0 Å². The molecular formula is C10H15N7. The van der Waals surface area contributed by atoms with Gasteiger partial charge in [0.1, 0.15) is 6.33 Å². The predicted molar refractivity (Wildman–Crippen MR) is 58.9 cm³/mol. The summed E-state index contributed by atoms with van der Waals surface area (Å²) in [5.74, 6) is 1.03. The summed E-state index contributed by atoms with van der Waals surface area (Å²) < 4.78 is 1.78. The van der Waals surface area contributed by atoms with E-state index in [2.05, 4.69) is 30.9 Å². The van der Waals surface area contributed by atoms with Crippen molar-refractivity contribution in [3.63, 3.8) is 0 Å². The van der Waals surface area contributed by atoms with Crippen molar-refractivity contribution in [2.75, 3.05) is 0 Å².